The van der Waals surface area contributed by atoms with Crippen LogP contribution in [0.15, 0.2) is 28.7 Å². The molecule has 1 aliphatic carbocycles. The van der Waals surface area contributed by atoms with Crippen LogP contribution in [0.4, 0.5) is 5.69 Å². The Labute approximate surface area is 134 Å². The van der Waals surface area contributed by atoms with Crippen LogP contribution in [-0.2, 0) is 4.79 Å². The molecule has 1 aromatic carbocycles. The second kappa shape index (κ2) is 6.79. The smallest absolute Gasteiger partial charge is 0.234 e. The van der Waals surface area contributed by atoms with Crippen LogP contribution in [0.1, 0.15) is 19.3 Å². The highest BCUT2D eigenvalue weighted by Gasteiger charge is 2.25. The fraction of sp³-hybridized carbons (Fsp3) is 0.562. The summed E-state index contributed by atoms with van der Waals surface area (Å²) < 4.78 is 1.11. The summed E-state index contributed by atoms with van der Waals surface area (Å²) >= 11 is 3.59. The van der Waals surface area contributed by atoms with Gasteiger partial charge in [0.05, 0.1) is 12.2 Å². The summed E-state index contributed by atoms with van der Waals surface area (Å²) in [6.07, 6.45) is 3.64. The van der Waals surface area contributed by atoms with Crippen LogP contribution in [0.5, 0.6) is 0 Å². The molecular weight excluding hydrogens is 330 g/mol. The molecule has 5 heteroatoms. The molecule has 4 nitrogen and oxygen atoms in total. The van der Waals surface area contributed by atoms with Crippen molar-refractivity contribution in [2.45, 2.75) is 25.3 Å². The van der Waals surface area contributed by atoms with Crippen molar-refractivity contribution in [3.8, 4) is 0 Å². The minimum Gasteiger partial charge on any atom is -0.368 e. The van der Waals surface area contributed by atoms with E-state index in [4.69, 9.17) is 0 Å². The third kappa shape index (κ3) is 4.20. The topological polar surface area (TPSA) is 44.4 Å². The second-order valence-electron chi connectivity index (χ2n) is 6.02. The van der Waals surface area contributed by atoms with Crippen molar-refractivity contribution in [2.24, 2.45) is 5.92 Å². The quantitative estimate of drug-likeness (QED) is 0.825. The van der Waals surface area contributed by atoms with Gasteiger partial charge < -0.3 is 15.5 Å². The van der Waals surface area contributed by atoms with Crippen molar-refractivity contribution in [3.63, 3.8) is 0 Å². The molecule has 2 N–H and O–H groups in total. The van der Waals surface area contributed by atoms with Crippen molar-refractivity contribution in [1.29, 1.82) is 0 Å². The summed E-state index contributed by atoms with van der Waals surface area (Å²) in [6.45, 7) is 3.31. The number of para-hydroxylation sites is 1. The molecule has 1 saturated carbocycles. The third-order valence-electron chi connectivity index (χ3n) is 4.16. The highest BCUT2D eigenvalue weighted by atomic mass is 79.9. The summed E-state index contributed by atoms with van der Waals surface area (Å²) in [4.78, 5) is 14.2. The number of anilines is 1. The summed E-state index contributed by atoms with van der Waals surface area (Å²) in [6, 6.07) is 8.50. The number of benzene rings is 1. The van der Waals surface area contributed by atoms with Gasteiger partial charge in [0.1, 0.15) is 0 Å². The standard InChI is InChI=1S/C16H22BrN3O/c17-14-3-1-2-4-15(14)20-8-7-13(11-20)19-16(21)10-18-9-12-5-6-12/h1-4,12-13,18H,5-11H2,(H,19,21). The van der Waals surface area contributed by atoms with Gasteiger partial charge in [0.2, 0.25) is 5.91 Å². The van der Waals surface area contributed by atoms with E-state index in [9.17, 15) is 4.79 Å². The van der Waals surface area contributed by atoms with Crippen LogP contribution >= 0.6 is 15.9 Å². The van der Waals surface area contributed by atoms with Crippen molar-refractivity contribution in [3.05, 3.63) is 28.7 Å². The Morgan fingerprint density at radius 1 is 1.29 bits per heavy atom. The van der Waals surface area contributed by atoms with Crippen LogP contribution in [0.25, 0.3) is 0 Å². The number of halogens is 1. The molecule has 1 atom stereocenters. The maximum atomic E-state index is 11.9. The van der Waals surface area contributed by atoms with Crippen molar-refractivity contribution < 1.29 is 4.79 Å². The van der Waals surface area contributed by atoms with E-state index in [1.54, 1.807) is 0 Å². The number of hydrogen-bond acceptors (Lipinski definition) is 3. The van der Waals surface area contributed by atoms with E-state index in [1.165, 1.54) is 18.5 Å². The van der Waals surface area contributed by atoms with Gasteiger partial charge in [-0.1, -0.05) is 12.1 Å². The monoisotopic (exact) mass is 351 g/mol. The highest BCUT2D eigenvalue weighted by molar-refractivity contribution is 9.10. The first-order valence-corrected chi connectivity index (χ1v) is 8.51. The predicted octanol–water partition coefficient (Wildman–Crippen LogP) is 2.14. The van der Waals surface area contributed by atoms with Crippen LogP contribution in [0.2, 0.25) is 0 Å². The summed E-state index contributed by atoms with van der Waals surface area (Å²) in [7, 11) is 0. The van der Waals surface area contributed by atoms with Crippen LogP contribution in [-0.4, -0.2) is 38.1 Å². The number of hydrogen-bond donors (Lipinski definition) is 2. The molecule has 1 amide bonds. The third-order valence-corrected chi connectivity index (χ3v) is 4.83. The summed E-state index contributed by atoms with van der Waals surface area (Å²) in [5, 5.41) is 6.37. The first-order chi connectivity index (χ1) is 10.2. The minimum atomic E-state index is 0.120. The molecule has 3 rings (SSSR count). The number of rotatable bonds is 6. The van der Waals surface area contributed by atoms with E-state index >= 15 is 0 Å². The molecule has 21 heavy (non-hydrogen) atoms. The molecular formula is C16H22BrN3O. The molecule has 0 radical (unpaired) electrons. The average Bonchev–Trinajstić information content (AvgIpc) is 3.18. The van der Waals surface area contributed by atoms with Crippen molar-refractivity contribution >= 4 is 27.5 Å². The molecule has 1 aliphatic heterocycles. The normalized spacial score (nSPS) is 21.6. The van der Waals surface area contributed by atoms with Gasteiger partial charge in [-0.05, 0) is 59.8 Å². The molecule has 1 aromatic rings. The first kappa shape index (κ1) is 14.9. The average molecular weight is 352 g/mol. The van der Waals surface area contributed by atoms with Gasteiger partial charge in [-0.15, -0.1) is 0 Å². The molecule has 1 saturated heterocycles. The van der Waals surface area contributed by atoms with E-state index < -0.39 is 0 Å². The van der Waals surface area contributed by atoms with Gasteiger partial charge in [0.25, 0.3) is 0 Å². The SMILES string of the molecule is O=C(CNCC1CC1)NC1CCN(c2ccccc2Br)C1. The minimum absolute atomic E-state index is 0.120. The second-order valence-corrected chi connectivity index (χ2v) is 6.88. The Morgan fingerprint density at radius 2 is 2.10 bits per heavy atom. The molecule has 1 heterocycles. The lowest BCUT2D eigenvalue weighted by Gasteiger charge is -2.20. The molecule has 2 aliphatic rings. The zero-order valence-electron chi connectivity index (χ0n) is 12.1. The summed E-state index contributed by atoms with van der Waals surface area (Å²) in [5.74, 6) is 0.935. The van der Waals surface area contributed by atoms with Gasteiger partial charge in [-0.2, -0.15) is 0 Å². The maximum absolute atomic E-state index is 11.9. The van der Waals surface area contributed by atoms with Gasteiger partial charge in [0.15, 0.2) is 0 Å². The van der Waals surface area contributed by atoms with Crippen LogP contribution in [0.3, 0.4) is 0 Å². The molecule has 0 aromatic heterocycles. The predicted molar refractivity (Wildman–Crippen MR) is 88.5 cm³/mol. The van der Waals surface area contributed by atoms with Gasteiger partial charge in [-0.25, -0.2) is 0 Å². The Morgan fingerprint density at radius 3 is 2.86 bits per heavy atom. The van der Waals surface area contributed by atoms with E-state index in [2.05, 4.69) is 43.6 Å². The van der Waals surface area contributed by atoms with Gasteiger partial charge >= 0.3 is 0 Å². The fourth-order valence-electron chi connectivity index (χ4n) is 2.80. The van der Waals surface area contributed by atoms with E-state index in [0.29, 0.717) is 6.54 Å². The summed E-state index contributed by atoms with van der Waals surface area (Å²) in [5.41, 5.74) is 1.21. The number of amides is 1. The number of nitrogens with one attached hydrogen (secondary N) is 2. The number of nitrogens with zero attached hydrogens (tertiary/aromatic N) is 1. The molecule has 0 spiro atoms. The van der Waals surface area contributed by atoms with E-state index in [-0.39, 0.29) is 11.9 Å². The molecule has 0 bridgehead atoms. The fourth-order valence-corrected chi connectivity index (χ4v) is 3.33. The largest absolute Gasteiger partial charge is 0.368 e. The maximum Gasteiger partial charge on any atom is 0.234 e. The lowest BCUT2D eigenvalue weighted by Crippen LogP contribution is -2.42. The lowest BCUT2D eigenvalue weighted by molar-refractivity contribution is -0.120. The Hall–Kier alpha value is -1.07. The zero-order valence-corrected chi connectivity index (χ0v) is 13.7. The first-order valence-electron chi connectivity index (χ1n) is 7.72. The molecule has 1 unspecified atom stereocenters. The van der Waals surface area contributed by atoms with Crippen molar-refractivity contribution in [2.75, 3.05) is 31.1 Å². The highest BCUT2D eigenvalue weighted by Crippen LogP contribution is 2.28. The zero-order chi connectivity index (χ0) is 14.7. The molecule has 114 valence electrons. The Kier molecular flexibility index (Phi) is 4.80. The van der Waals surface area contributed by atoms with Gasteiger partial charge in [0, 0.05) is 23.6 Å². The van der Waals surface area contributed by atoms with Crippen molar-refractivity contribution in [1.82, 2.24) is 10.6 Å². The molecule has 2 fully saturated rings. The Bertz CT molecular complexity index is 504. The number of carbonyl (C=O) groups is 1. The van der Waals surface area contributed by atoms with Gasteiger partial charge in [-0.3, -0.25) is 4.79 Å². The van der Waals surface area contributed by atoms with Crippen LogP contribution < -0.4 is 15.5 Å². The van der Waals surface area contributed by atoms with E-state index in [0.717, 1.165) is 36.4 Å². The Balaban J connectivity index is 1.43. The van der Waals surface area contributed by atoms with E-state index in [1.807, 2.05) is 12.1 Å². The van der Waals surface area contributed by atoms with Crippen LogP contribution in [0, 0.1) is 5.92 Å². The number of carbonyl (C=O) groups excluding carboxylic acids is 1. The lowest BCUT2D eigenvalue weighted by atomic mass is 10.2.